The van der Waals surface area contributed by atoms with Crippen LogP contribution >= 0.6 is 12.4 Å². The summed E-state index contributed by atoms with van der Waals surface area (Å²) >= 11 is 0. The van der Waals surface area contributed by atoms with Crippen molar-refractivity contribution in [3.8, 4) is 0 Å². The number of nitro benzene ring substituents is 3. The molecule has 3 aromatic rings. The first-order valence-electron chi connectivity index (χ1n) is 10.6. The molecule has 4 rings (SSSR count). The van der Waals surface area contributed by atoms with Crippen LogP contribution in [-0.2, 0) is 0 Å². The second-order valence-electron chi connectivity index (χ2n) is 7.61. The summed E-state index contributed by atoms with van der Waals surface area (Å²) in [6, 6.07) is 18.2. The minimum atomic E-state index is -0.863. The lowest BCUT2D eigenvalue weighted by atomic mass is 10.1. The minimum Gasteiger partial charge on any atom is -0.358 e. The zero-order chi connectivity index (χ0) is 24.9. The van der Waals surface area contributed by atoms with Crippen LogP contribution in [0.1, 0.15) is 0 Å². The van der Waals surface area contributed by atoms with Crippen LogP contribution in [0.5, 0.6) is 0 Å². The Morgan fingerprint density at radius 2 is 1.28 bits per heavy atom. The van der Waals surface area contributed by atoms with Crippen LogP contribution in [0, 0.1) is 30.3 Å². The van der Waals surface area contributed by atoms with E-state index in [9.17, 15) is 30.3 Å². The van der Waals surface area contributed by atoms with Crippen LogP contribution in [0.25, 0.3) is 0 Å². The number of hydrazine groups is 1. The minimum absolute atomic E-state index is 0. The summed E-state index contributed by atoms with van der Waals surface area (Å²) in [4.78, 5) is 35.2. The molecule has 13 nitrogen and oxygen atoms in total. The zero-order valence-electron chi connectivity index (χ0n) is 18.8. The van der Waals surface area contributed by atoms with Gasteiger partial charge in [-0.05, 0) is 24.3 Å². The maximum Gasteiger partial charge on any atom is 0.331 e. The highest BCUT2D eigenvalue weighted by Gasteiger charge is 2.40. The Hall–Kier alpha value is -4.49. The summed E-state index contributed by atoms with van der Waals surface area (Å²) in [5, 5.41) is 40.8. The van der Waals surface area contributed by atoms with Gasteiger partial charge in [-0.3, -0.25) is 40.8 Å². The fourth-order valence-electron chi connectivity index (χ4n) is 3.95. The van der Waals surface area contributed by atoms with Crippen LogP contribution in [-0.4, -0.2) is 40.9 Å². The van der Waals surface area contributed by atoms with Gasteiger partial charge >= 0.3 is 17.1 Å². The van der Waals surface area contributed by atoms with Gasteiger partial charge in [0.15, 0.2) is 5.69 Å². The summed E-state index contributed by atoms with van der Waals surface area (Å²) in [5.74, 6) is 0. The van der Waals surface area contributed by atoms with Crippen molar-refractivity contribution in [2.45, 2.75) is 0 Å². The van der Waals surface area contributed by atoms with Crippen molar-refractivity contribution in [3.05, 3.63) is 97.1 Å². The topological polar surface area (TPSA) is 160 Å². The molecule has 1 aliphatic heterocycles. The maximum atomic E-state index is 12.3. The molecule has 0 radical (unpaired) electrons. The standard InChI is InChI=1S/C22H21N7O6.ClH/c30-27(31)18-15-19(28(32)33)21(25-13-11-23-12-14-25)22(29(34)35)20(18)24-26(16-7-3-1-4-8-16)17-9-5-2-6-10-17;/h1-10,15,23-24H,11-14H2;1H. The molecule has 36 heavy (non-hydrogen) atoms. The number of piperazine rings is 1. The monoisotopic (exact) mass is 515 g/mol. The third-order valence-electron chi connectivity index (χ3n) is 5.49. The smallest absolute Gasteiger partial charge is 0.331 e. The van der Waals surface area contributed by atoms with Gasteiger partial charge in [0.05, 0.1) is 32.2 Å². The predicted octanol–water partition coefficient (Wildman–Crippen LogP) is 4.41. The quantitative estimate of drug-likeness (QED) is 0.325. The van der Waals surface area contributed by atoms with Gasteiger partial charge in [-0.25, -0.2) is 0 Å². The van der Waals surface area contributed by atoms with Gasteiger partial charge in [-0.1, -0.05) is 36.4 Å². The van der Waals surface area contributed by atoms with E-state index in [1.54, 1.807) is 60.7 Å². The molecule has 1 saturated heterocycles. The molecule has 0 unspecified atom stereocenters. The fraction of sp³-hybridized carbons (Fsp3) is 0.182. The third kappa shape index (κ3) is 5.26. The van der Waals surface area contributed by atoms with E-state index in [0.717, 1.165) is 6.07 Å². The number of rotatable bonds is 8. The number of nitrogens with one attached hydrogen (secondary N) is 2. The summed E-state index contributed by atoms with van der Waals surface area (Å²) in [7, 11) is 0. The Kier molecular flexibility index (Phi) is 8.19. The van der Waals surface area contributed by atoms with Crippen molar-refractivity contribution in [1.82, 2.24) is 5.32 Å². The molecule has 0 amide bonds. The Labute approximate surface area is 211 Å². The van der Waals surface area contributed by atoms with Crippen LogP contribution in [0.15, 0.2) is 66.7 Å². The van der Waals surface area contributed by atoms with E-state index in [1.807, 2.05) is 0 Å². The lowest BCUT2D eigenvalue weighted by Gasteiger charge is -2.30. The third-order valence-corrected chi connectivity index (χ3v) is 5.49. The molecule has 188 valence electrons. The predicted molar refractivity (Wildman–Crippen MR) is 137 cm³/mol. The molecular weight excluding hydrogens is 494 g/mol. The van der Waals surface area contributed by atoms with Crippen molar-refractivity contribution >= 4 is 52.2 Å². The normalized spacial score (nSPS) is 12.8. The van der Waals surface area contributed by atoms with Crippen LogP contribution in [0.3, 0.4) is 0 Å². The number of halogens is 1. The molecule has 1 aliphatic rings. The van der Waals surface area contributed by atoms with Crippen LogP contribution in [0.4, 0.5) is 39.8 Å². The van der Waals surface area contributed by atoms with Crippen molar-refractivity contribution in [1.29, 1.82) is 0 Å². The number of benzene rings is 3. The molecule has 0 aromatic heterocycles. The average Bonchev–Trinajstić information content (AvgIpc) is 2.87. The first-order valence-corrected chi connectivity index (χ1v) is 10.6. The average molecular weight is 516 g/mol. The first kappa shape index (κ1) is 26.1. The molecule has 14 heteroatoms. The van der Waals surface area contributed by atoms with E-state index in [4.69, 9.17) is 0 Å². The zero-order valence-corrected chi connectivity index (χ0v) is 19.6. The largest absolute Gasteiger partial charge is 0.358 e. The number of anilines is 4. The second-order valence-corrected chi connectivity index (χ2v) is 7.61. The van der Waals surface area contributed by atoms with Gasteiger partial charge in [0, 0.05) is 26.2 Å². The highest BCUT2D eigenvalue weighted by atomic mass is 35.5. The highest BCUT2D eigenvalue weighted by Crippen LogP contribution is 2.49. The molecule has 1 fully saturated rings. The van der Waals surface area contributed by atoms with Gasteiger partial charge in [0.25, 0.3) is 0 Å². The number of hydrogen-bond donors (Lipinski definition) is 2. The summed E-state index contributed by atoms with van der Waals surface area (Å²) in [5.41, 5.74) is 1.01. The Balaban J connectivity index is 0.00000361. The molecule has 0 atom stereocenters. The molecule has 0 bridgehead atoms. The lowest BCUT2D eigenvalue weighted by molar-refractivity contribution is -0.400. The Morgan fingerprint density at radius 3 is 1.72 bits per heavy atom. The van der Waals surface area contributed by atoms with Gasteiger partial charge in [0.2, 0.25) is 5.69 Å². The van der Waals surface area contributed by atoms with Gasteiger partial charge < -0.3 is 10.2 Å². The van der Waals surface area contributed by atoms with E-state index < -0.39 is 37.5 Å². The molecule has 0 spiro atoms. The lowest BCUT2D eigenvalue weighted by Crippen LogP contribution is -2.44. The summed E-state index contributed by atoms with van der Waals surface area (Å²) in [6.45, 7) is 1.43. The van der Waals surface area contributed by atoms with Gasteiger partial charge in [-0.2, -0.15) is 0 Å². The molecule has 1 heterocycles. The highest BCUT2D eigenvalue weighted by molar-refractivity contribution is 5.92. The van der Waals surface area contributed by atoms with Gasteiger partial charge in [-0.15, -0.1) is 12.4 Å². The number of hydrogen-bond acceptors (Lipinski definition) is 10. The van der Waals surface area contributed by atoms with E-state index >= 15 is 0 Å². The van der Waals surface area contributed by atoms with E-state index in [2.05, 4.69) is 10.7 Å². The molecule has 0 aliphatic carbocycles. The maximum absolute atomic E-state index is 12.3. The second kappa shape index (κ2) is 11.3. The molecule has 3 aromatic carbocycles. The van der Waals surface area contributed by atoms with Crippen molar-refractivity contribution in [3.63, 3.8) is 0 Å². The van der Waals surface area contributed by atoms with Crippen LogP contribution in [0.2, 0.25) is 0 Å². The fourth-order valence-corrected chi connectivity index (χ4v) is 3.95. The summed E-state index contributed by atoms with van der Waals surface area (Å²) in [6.07, 6.45) is 0. The number of para-hydroxylation sites is 2. The first-order chi connectivity index (χ1) is 16.9. The summed E-state index contributed by atoms with van der Waals surface area (Å²) < 4.78 is 0. The van der Waals surface area contributed by atoms with E-state index in [1.165, 1.54) is 9.91 Å². The number of nitrogens with zero attached hydrogens (tertiary/aromatic N) is 5. The van der Waals surface area contributed by atoms with Gasteiger partial charge in [0.1, 0.15) is 0 Å². The molecule has 2 N–H and O–H groups in total. The van der Waals surface area contributed by atoms with Crippen molar-refractivity contribution in [2.75, 3.05) is 41.5 Å². The van der Waals surface area contributed by atoms with Crippen LogP contribution < -0.4 is 20.7 Å². The van der Waals surface area contributed by atoms with Crippen molar-refractivity contribution < 1.29 is 14.8 Å². The molecule has 0 saturated carbocycles. The SMILES string of the molecule is Cl.O=[N+]([O-])c1cc([N+](=O)[O-])c(N2CCNCC2)c([N+](=O)[O-])c1NN(c1ccccc1)c1ccccc1. The Morgan fingerprint density at radius 1 is 0.778 bits per heavy atom. The van der Waals surface area contributed by atoms with E-state index in [-0.39, 0.29) is 31.2 Å². The molecular formula is C22H22ClN7O6. The van der Waals surface area contributed by atoms with E-state index in [0.29, 0.717) is 24.5 Å². The van der Waals surface area contributed by atoms with Crippen molar-refractivity contribution in [2.24, 2.45) is 0 Å². The Bertz CT molecular complexity index is 1220. The number of nitro groups is 3.